The molecule has 1 saturated heterocycles. The topological polar surface area (TPSA) is 83.6 Å². The van der Waals surface area contributed by atoms with Gasteiger partial charge < -0.3 is 10.8 Å². The molecule has 1 fully saturated rings. The molecule has 82 valence electrons. The Morgan fingerprint density at radius 1 is 1.73 bits per heavy atom. The molecule has 1 amide bonds. The van der Waals surface area contributed by atoms with E-state index >= 15 is 0 Å². The number of carboxylic acids is 1. The first-order valence-electron chi connectivity index (χ1n) is 4.73. The second-order valence-corrected chi connectivity index (χ2v) is 4.65. The molecule has 15 heavy (non-hydrogen) atoms. The van der Waals surface area contributed by atoms with Crippen molar-refractivity contribution in [1.82, 2.24) is 4.90 Å². The first-order valence-corrected chi connectivity index (χ1v) is 5.78. The first-order chi connectivity index (χ1) is 7.07. The van der Waals surface area contributed by atoms with Gasteiger partial charge in [-0.25, -0.2) is 4.79 Å². The van der Waals surface area contributed by atoms with Gasteiger partial charge in [0.2, 0.25) is 5.91 Å². The average Bonchev–Trinajstić information content (AvgIpc) is 2.25. The van der Waals surface area contributed by atoms with Crippen molar-refractivity contribution in [3.05, 3.63) is 11.3 Å². The van der Waals surface area contributed by atoms with Crippen LogP contribution in [0.2, 0.25) is 0 Å². The van der Waals surface area contributed by atoms with Crippen molar-refractivity contribution in [3.63, 3.8) is 0 Å². The van der Waals surface area contributed by atoms with E-state index in [-0.39, 0.29) is 17.0 Å². The van der Waals surface area contributed by atoms with E-state index in [4.69, 9.17) is 10.8 Å². The maximum absolute atomic E-state index is 11.5. The number of carboxylic acid groups (broad SMARTS) is 1. The quantitative estimate of drug-likeness (QED) is 0.649. The van der Waals surface area contributed by atoms with Crippen LogP contribution in [0.25, 0.3) is 0 Å². The van der Waals surface area contributed by atoms with Gasteiger partial charge in [0.15, 0.2) is 0 Å². The van der Waals surface area contributed by atoms with Gasteiger partial charge in [-0.2, -0.15) is 0 Å². The number of amides is 1. The van der Waals surface area contributed by atoms with E-state index in [0.717, 1.165) is 5.57 Å². The number of nitrogens with zero attached hydrogens (tertiary/aromatic N) is 1. The van der Waals surface area contributed by atoms with E-state index in [9.17, 15) is 9.59 Å². The zero-order valence-electron chi connectivity index (χ0n) is 8.27. The van der Waals surface area contributed by atoms with Gasteiger partial charge in [0, 0.05) is 5.75 Å². The van der Waals surface area contributed by atoms with Crippen LogP contribution in [0, 0.1) is 0 Å². The number of hydrogen-bond acceptors (Lipinski definition) is 4. The van der Waals surface area contributed by atoms with Crippen LogP contribution in [0.1, 0.15) is 13.3 Å². The summed E-state index contributed by atoms with van der Waals surface area (Å²) in [6.45, 7) is 1.89. The second kappa shape index (κ2) is 3.53. The molecule has 0 aromatic heterocycles. The summed E-state index contributed by atoms with van der Waals surface area (Å²) in [6, 6.07) is -0.539. The minimum atomic E-state index is -1.03. The van der Waals surface area contributed by atoms with Crippen LogP contribution in [-0.4, -0.2) is 39.1 Å². The smallest absolute Gasteiger partial charge is 0.352 e. The number of fused-ring (bicyclic) bond motifs is 1. The zero-order chi connectivity index (χ0) is 11.2. The van der Waals surface area contributed by atoms with Crippen molar-refractivity contribution in [2.45, 2.75) is 24.8 Å². The summed E-state index contributed by atoms with van der Waals surface area (Å²) in [5.74, 6) is -0.659. The van der Waals surface area contributed by atoms with Gasteiger partial charge in [-0.3, -0.25) is 9.69 Å². The van der Waals surface area contributed by atoms with Gasteiger partial charge in [-0.05, 0) is 12.0 Å². The SMILES string of the molecule is CCC1=C(C(=O)O)N2C(=O)C(N)C2SC1. The van der Waals surface area contributed by atoms with E-state index in [0.29, 0.717) is 12.2 Å². The van der Waals surface area contributed by atoms with Gasteiger partial charge in [0.1, 0.15) is 17.1 Å². The van der Waals surface area contributed by atoms with E-state index < -0.39 is 12.0 Å². The fourth-order valence-electron chi connectivity index (χ4n) is 1.85. The van der Waals surface area contributed by atoms with Gasteiger partial charge in [-0.1, -0.05) is 6.92 Å². The number of rotatable bonds is 2. The largest absolute Gasteiger partial charge is 0.477 e. The highest BCUT2D eigenvalue weighted by molar-refractivity contribution is 8.00. The minimum Gasteiger partial charge on any atom is -0.477 e. The molecule has 0 aromatic carbocycles. The molecule has 0 spiro atoms. The third kappa shape index (κ3) is 1.36. The number of nitrogens with two attached hydrogens (primary N) is 1. The fourth-order valence-corrected chi connectivity index (χ4v) is 3.25. The van der Waals surface area contributed by atoms with Crippen molar-refractivity contribution < 1.29 is 14.7 Å². The van der Waals surface area contributed by atoms with E-state index in [2.05, 4.69) is 0 Å². The molecule has 5 nitrogen and oxygen atoms in total. The standard InChI is InChI=1S/C9H12N2O3S/c1-2-4-3-15-8-5(10)7(12)11(8)6(4)9(13)14/h5,8H,2-3,10H2,1H3,(H,13,14). The van der Waals surface area contributed by atoms with Crippen LogP contribution in [0.4, 0.5) is 0 Å². The number of thioether (sulfide) groups is 1. The van der Waals surface area contributed by atoms with E-state index in [1.165, 1.54) is 16.7 Å². The van der Waals surface area contributed by atoms with Gasteiger partial charge in [-0.15, -0.1) is 11.8 Å². The molecule has 2 rings (SSSR count). The van der Waals surface area contributed by atoms with Gasteiger partial charge >= 0.3 is 5.97 Å². The third-order valence-corrected chi connectivity index (χ3v) is 4.08. The zero-order valence-corrected chi connectivity index (χ0v) is 9.08. The summed E-state index contributed by atoms with van der Waals surface area (Å²) in [5.41, 5.74) is 6.55. The van der Waals surface area contributed by atoms with Gasteiger partial charge in [0.05, 0.1) is 0 Å². The van der Waals surface area contributed by atoms with Crippen molar-refractivity contribution >= 4 is 23.6 Å². The monoisotopic (exact) mass is 228 g/mol. The number of β-lactam (4-membered cyclic amide) rings is 1. The van der Waals surface area contributed by atoms with Crippen molar-refractivity contribution in [1.29, 1.82) is 0 Å². The summed E-state index contributed by atoms with van der Waals surface area (Å²) < 4.78 is 0. The molecule has 6 heteroatoms. The number of carbonyl (C=O) groups is 2. The Morgan fingerprint density at radius 2 is 2.40 bits per heavy atom. The summed E-state index contributed by atoms with van der Waals surface area (Å²) >= 11 is 1.54. The third-order valence-electron chi connectivity index (χ3n) is 2.72. The lowest BCUT2D eigenvalue weighted by atomic mass is 10.0. The summed E-state index contributed by atoms with van der Waals surface area (Å²) in [7, 11) is 0. The van der Waals surface area contributed by atoms with Crippen LogP contribution in [0.3, 0.4) is 0 Å². The number of hydrogen-bond donors (Lipinski definition) is 2. The molecule has 3 N–H and O–H groups in total. The number of aliphatic carboxylic acids is 1. The molecular weight excluding hydrogens is 216 g/mol. The molecule has 2 aliphatic heterocycles. The molecule has 2 atom stereocenters. The molecule has 0 aromatic rings. The van der Waals surface area contributed by atoms with Gasteiger partial charge in [0.25, 0.3) is 0 Å². The van der Waals surface area contributed by atoms with Crippen LogP contribution >= 0.6 is 11.8 Å². The molecule has 0 radical (unpaired) electrons. The predicted molar refractivity (Wildman–Crippen MR) is 56.0 cm³/mol. The Morgan fingerprint density at radius 3 is 2.93 bits per heavy atom. The number of carbonyl (C=O) groups excluding carboxylic acids is 1. The maximum Gasteiger partial charge on any atom is 0.352 e. The first kappa shape index (κ1) is 10.5. The lowest BCUT2D eigenvalue weighted by Gasteiger charge is -2.48. The molecule has 0 saturated carbocycles. The Hall–Kier alpha value is -1.01. The fraction of sp³-hybridized carbons (Fsp3) is 0.556. The lowest BCUT2D eigenvalue weighted by molar-refractivity contribution is -0.148. The Balaban J connectivity index is 2.38. The van der Waals surface area contributed by atoms with Crippen molar-refractivity contribution in [2.24, 2.45) is 5.73 Å². The normalized spacial score (nSPS) is 30.0. The van der Waals surface area contributed by atoms with Crippen molar-refractivity contribution in [2.75, 3.05) is 5.75 Å². The van der Waals surface area contributed by atoms with Crippen molar-refractivity contribution in [3.8, 4) is 0 Å². The molecular formula is C9H12N2O3S. The highest BCUT2D eigenvalue weighted by Gasteiger charge is 2.51. The molecule has 0 bridgehead atoms. The predicted octanol–water partition coefficient (Wildman–Crippen LogP) is -0.0225. The Labute approximate surface area is 91.3 Å². The Bertz CT molecular complexity index is 366. The highest BCUT2D eigenvalue weighted by Crippen LogP contribution is 2.39. The lowest BCUT2D eigenvalue weighted by Crippen LogP contribution is -2.68. The van der Waals surface area contributed by atoms with Crippen LogP contribution in [0.5, 0.6) is 0 Å². The average molecular weight is 228 g/mol. The van der Waals surface area contributed by atoms with Crippen LogP contribution in [-0.2, 0) is 9.59 Å². The molecule has 2 heterocycles. The molecule has 0 aliphatic carbocycles. The van der Waals surface area contributed by atoms with Crippen LogP contribution in [0.15, 0.2) is 11.3 Å². The molecule has 2 aliphatic rings. The van der Waals surface area contributed by atoms with E-state index in [1.54, 1.807) is 0 Å². The summed E-state index contributed by atoms with van der Waals surface area (Å²) in [5, 5.41) is 8.88. The second-order valence-electron chi connectivity index (χ2n) is 3.55. The highest BCUT2D eigenvalue weighted by atomic mass is 32.2. The summed E-state index contributed by atoms with van der Waals surface area (Å²) in [4.78, 5) is 23.8. The summed E-state index contributed by atoms with van der Waals surface area (Å²) in [6.07, 6.45) is 0.653. The molecule has 2 unspecified atom stereocenters. The minimum absolute atomic E-state index is 0.146. The Kier molecular flexibility index (Phi) is 2.47. The van der Waals surface area contributed by atoms with E-state index in [1.807, 2.05) is 6.92 Å². The maximum atomic E-state index is 11.5. The van der Waals surface area contributed by atoms with Crippen LogP contribution < -0.4 is 5.73 Å².